The number of aliphatic hydroxyl groups is 1. The van der Waals surface area contributed by atoms with Crippen molar-refractivity contribution in [2.24, 2.45) is 5.92 Å². The van der Waals surface area contributed by atoms with Gasteiger partial charge < -0.3 is 10.0 Å². The van der Waals surface area contributed by atoms with E-state index in [1.165, 1.54) is 6.42 Å². The summed E-state index contributed by atoms with van der Waals surface area (Å²) in [5.41, 5.74) is 4.21. The van der Waals surface area contributed by atoms with E-state index in [1.807, 2.05) is 16.8 Å². The van der Waals surface area contributed by atoms with E-state index in [9.17, 15) is 5.11 Å². The number of aliphatic hydroxyl groups excluding tert-OH is 1. The summed E-state index contributed by atoms with van der Waals surface area (Å²) >= 11 is 0. The highest BCUT2D eigenvalue weighted by molar-refractivity contribution is 5.68. The van der Waals surface area contributed by atoms with Crippen LogP contribution in [0.4, 0.5) is 5.82 Å². The van der Waals surface area contributed by atoms with E-state index in [-0.39, 0.29) is 6.61 Å². The Labute approximate surface area is 147 Å². The second-order valence-corrected chi connectivity index (χ2v) is 6.90. The fourth-order valence-electron chi connectivity index (χ4n) is 3.73. The SMILES string of the molecule is Cc1cnn2c(-c3ccccc3)cc(N3CCCC(CCO)C3)nc12. The summed E-state index contributed by atoms with van der Waals surface area (Å²) in [6.45, 7) is 4.30. The number of anilines is 1. The van der Waals surface area contributed by atoms with E-state index < -0.39 is 0 Å². The van der Waals surface area contributed by atoms with Gasteiger partial charge in [-0.15, -0.1) is 0 Å². The van der Waals surface area contributed by atoms with Gasteiger partial charge >= 0.3 is 0 Å². The largest absolute Gasteiger partial charge is 0.396 e. The predicted molar refractivity (Wildman–Crippen MR) is 99.8 cm³/mol. The van der Waals surface area contributed by atoms with E-state index in [1.54, 1.807) is 0 Å². The number of rotatable bonds is 4. The number of piperidine rings is 1. The highest BCUT2D eigenvalue weighted by atomic mass is 16.3. The van der Waals surface area contributed by atoms with Gasteiger partial charge in [-0.1, -0.05) is 30.3 Å². The standard InChI is InChI=1S/C20H24N4O/c1-15-13-21-24-18(17-7-3-2-4-8-17)12-19(22-20(15)24)23-10-5-6-16(14-23)9-11-25/h2-4,7-8,12-13,16,25H,5-6,9-11,14H2,1H3. The Bertz CT molecular complexity index is 857. The van der Waals surface area contributed by atoms with Crippen molar-refractivity contribution >= 4 is 11.5 Å². The number of hydrogen-bond acceptors (Lipinski definition) is 4. The molecule has 1 N–H and O–H groups in total. The maximum Gasteiger partial charge on any atom is 0.160 e. The normalized spacial score (nSPS) is 18.0. The molecule has 3 heterocycles. The third-order valence-electron chi connectivity index (χ3n) is 5.08. The number of aromatic nitrogens is 3. The number of hydrogen-bond donors (Lipinski definition) is 1. The number of aryl methyl sites for hydroxylation is 1. The summed E-state index contributed by atoms with van der Waals surface area (Å²) in [5, 5.41) is 13.8. The Hall–Kier alpha value is -2.40. The van der Waals surface area contributed by atoms with Crippen molar-refractivity contribution in [2.45, 2.75) is 26.2 Å². The van der Waals surface area contributed by atoms with Gasteiger partial charge in [0, 0.05) is 36.9 Å². The molecule has 4 rings (SSSR count). The third-order valence-corrected chi connectivity index (χ3v) is 5.08. The van der Waals surface area contributed by atoms with Crippen LogP contribution in [-0.2, 0) is 0 Å². The first kappa shape index (κ1) is 16.1. The smallest absolute Gasteiger partial charge is 0.160 e. The zero-order valence-corrected chi connectivity index (χ0v) is 14.6. The van der Waals surface area contributed by atoms with E-state index >= 15 is 0 Å². The highest BCUT2D eigenvalue weighted by Crippen LogP contribution is 2.29. The van der Waals surface area contributed by atoms with E-state index in [0.29, 0.717) is 5.92 Å². The Kier molecular flexibility index (Phi) is 4.40. The van der Waals surface area contributed by atoms with Gasteiger partial charge in [0.1, 0.15) is 5.82 Å². The maximum atomic E-state index is 9.27. The van der Waals surface area contributed by atoms with Gasteiger partial charge in [-0.05, 0) is 32.1 Å². The van der Waals surface area contributed by atoms with Crippen LogP contribution in [0.15, 0.2) is 42.6 Å². The van der Waals surface area contributed by atoms with Crippen LogP contribution in [0.1, 0.15) is 24.8 Å². The molecule has 130 valence electrons. The van der Waals surface area contributed by atoms with Gasteiger partial charge in [0.2, 0.25) is 0 Å². The Morgan fingerprint density at radius 2 is 2.08 bits per heavy atom. The van der Waals surface area contributed by atoms with Crippen LogP contribution in [0.2, 0.25) is 0 Å². The molecule has 0 amide bonds. The van der Waals surface area contributed by atoms with Crippen LogP contribution < -0.4 is 4.90 Å². The maximum absolute atomic E-state index is 9.27. The molecule has 5 nitrogen and oxygen atoms in total. The number of fused-ring (bicyclic) bond motifs is 1. The molecule has 1 fully saturated rings. The molecule has 1 aliphatic heterocycles. The lowest BCUT2D eigenvalue weighted by Crippen LogP contribution is -2.36. The van der Waals surface area contributed by atoms with Gasteiger partial charge in [0.25, 0.3) is 0 Å². The van der Waals surface area contributed by atoms with Gasteiger partial charge in [0.05, 0.1) is 11.9 Å². The predicted octanol–water partition coefficient (Wildman–Crippen LogP) is 3.30. The molecule has 2 aromatic heterocycles. The van der Waals surface area contributed by atoms with Gasteiger partial charge in [-0.3, -0.25) is 0 Å². The van der Waals surface area contributed by atoms with Crippen molar-refractivity contribution in [3.8, 4) is 11.3 Å². The lowest BCUT2D eigenvalue weighted by Gasteiger charge is -2.33. The molecule has 5 heteroatoms. The van der Waals surface area contributed by atoms with E-state index in [2.05, 4.69) is 47.3 Å². The van der Waals surface area contributed by atoms with Crippen molar-refractivity contribution < 1.29 is 5.11 Å². The average Bonchev–Trinajstić information content (AvgIpc) is 3.03. The minimum atomic E-state index is 0.266. The van der Waals surface area contributed by atoms with Crippen molar-refractivity contribution in [3.63, 3.8) is 0 Å². The van der Waals surface area contributed by atoms with Crippen LogP contribution in [-0.4, -0.2) is 39.4 Å². The molecule has 0 saturated carbocycles. The van der Waals surface area contributed by atoms with Crippen LogP contribution >= 0.6 is 0 Å². The quantitative estimate of drug-likeness (QED) is 0.794. The summed E-state index contributed by atoms with van der Waals surface area (Å²) in [5.74, 6) is 1.56. The molecule has 0 aliphatic carbocycles. The topological polar surface area (TPSA) is 53.7 Å². The fraction of sp³-hybridized carbons (Fsp3) is 0.400. The summed E-state index contributed by atoms with van der Waals surface area (Å²) < 4.78 is 1.93. The van der Waals surface area contributed by atoms with E-state index in [0.717, 1.165) is 54.2 Å². The lowest BCUT2D eigenvalue weighted by atomic mass is 9.95. The summed E-state index contributed by atoms with van der Waals surface area (Å²) in [6, 6.07) is 12.5. The summed E-state index contributed by atoms with van der Waals surface area (Å²) in [7, 11) is 0. The van der Waals surface area contributed by atoms with Crippen LogP contribution in [0.3, 0.4) is 0 Å². The first-order chi connectivity index (χ1) is 12.3. The molecule has 3 aromatic rings. The number of nitrogens with zero attached hydrogens (tertiary/aromatic N) is 4. The minimum Gasteiger partial charge on any atom is -0.396 e. The third kappa shape index (κ3) is 3.12. The molecular formula is C20H24N4O. The molecule has 1 unspecified atom stereocenters. The van der Waals surface area contributed by atoms with Crippen molar-refractivity contribution in [1.82, 2.24) is 14.6 Å². The van der Waals surface area contributed by atoms with Crippen molar-refractivity contribution in [1.29, 1.82) is 0 Å². The van der Waals surface area contributed by atoms with Crippen LogP contribution in [0, 0.1) is 12.8 Å². The van der Waals surface area contributed by atoms with Crippen LogP contribution in [0.5, 0.6) is 0 Å². The van der Waals surface area contributed by atoms with Gasteiger partial charge in [-0.25, -0.2) is 9.50 Å². The molecule has 1 atom stereocenters. The molecule has 0 spiro atoms. The van der Waals surface area contributed by atoms with Gasteiger partial charge in [-0.2, -0.15) is 5.10 Å². The van der Waals surface area contributed by atoms with Crippen molar-refractivity contribution in [3.05, 3.63) is 48.2 Å². The first-order valence-corrected chi connectivity index (χ1v) is 9.03. The second kappa shape index (κ2) is 6.84. The molecule has 1 aromatic carbocycles. The molecule has 0 radical (unpaired) electrons. The average molecular weight is 336 g/mol. The Morgan fingerprint density at radius 3 is 2.88 bits per heavy atom. The fourth-order valence-corrected chi connectivity index (χ4v) is 3.73. The summed E-state index contributed by atoms with van der Waals surface area (Å²) in [6.07, 6.45) is 5.09. The van der Waals surface area contributed by atoms with Crippen molar-refractivity contribution in [2.75, 3.05) is 24.6 Å². The minimum absolute atomic E-state index is 0.266. The Morgan fingerprint density at radius 1 is 1.24 bits per heavy atom. The monoisotopic (exact) mass is 336 g/mol. The zero-order valence-electron chi connectivity index (χ0n) is 14.6. The number of benzene rings is 1. The van der Waals surface area contributed by atoms with Gasteiger partial charge in [0.15, 0.2) is 5.65 Å². The zero-order chi connectivity index (χ0) is 17.2. The molecule has 1 saturated heterocycles. The molecule has 25 heavy (non-hydrogen) atoms. The second-order valence-electron chi connectivity index (χ2n) is 6.90. The Balaban J connectivity index is 1.78. The highest BCUT2D eigenvalue weighted by Gasteiger charge is 2.22. The lowest BCUT2D eigenvalue weighted by molar-refractivity contribution is 0.244. The van der Waals surface area contributed by atoms with E-state index in [4.69, 9.17) is 4.98 Å². The summed E-state index contributed by atoms with van der Waals surface area (Å²) in [4.78, 5) is 7.27. The first-order valence-electron chi connectivity index (χ1n) is 9.03. The van der Waals surface area contributed by atoms with Crippen LogP contribution in [0.25, 0.3) is 16.9 Å². The molecular weight excluding hydrogens is 312 g/mol. The molecule has 0 bridgehead atoms. The molecule has 1 aliphatic rings.